The first-order chi connectivity index (χ1) is 12.8. The predicted octanol–water partition coefficient (Wildman–Crippen LogP) is 8.87. The number of rotatable bonds is 21. The van der Waals surface area contributed by atoms with Crippen molar-refractivity contribution in [1.82, 2.24) is 0 Å². The van der Waals surface area contributed by atoms with E-state index in [9.17, 15) is 0 Å². The summed E-state index contributed by atoms with van der Waals surface area (Å²) < 4.78 is 11.7. The molecule has 8 heteroatoms. The molecule has 2 nitrogen and oxygen atoms in total. The van der Waals surface area contributed by atoms with Crippen molar-refractivity contribution in [3.05, 3.63) is 0 Å². The first-order valence-corrected chi connectivity index (χ1v) is 15.2. The van der Waals surface area contributed by atoms with Crippen molar-refractivity contribution in [2.24, 2.45) is 0 Å². The molecule has 0 saturated heterocycles. The maximum Gasteiger partial charge on any atom is 0.0700 e. The van der Waals surface area contributed by atoms with Crippen molar-refractivity contribution in [1.29, 1.82) is 0 Å². The number of hydrogen-bond donors (Lipinski definition) is 0. The molecule has 0 saturated carbocycles. The molecule has 0 aromatic carbocycles. The van der Waals surface area contributed by atoms with Gasteiger partial charge in [0.2, 0.25) is 0 Å². The Balaban J connectivity index is -0.000000521. The molecule has 0 amide bonds. The Morgan fingerprint density at radius 1 is 0.400 bits per heavy atom. The minimum absolute atomic E-state index is 0. The van der Waals surface area contributed by atoms with Gasteiger partial charge in [0, 0.05) is 0 Å². The van der Waals surface area contributed by atoms with Gasteiger partial charge < -0.3 is 9.47 Å². The van der Waals surface area contributed by atoms with Crippen molar-refractivity contribution < 1.29 is 9.47 Å². The Labute approximate surface area is 216 Å². The van der Waals surface area contributed by atoms with Gasteiger partial charge in [0.15, 0.2) is 0 Å². The van der Waals surface area contributed by atoms with E-state index >= 15 is 0 Å². The second kappa shape index (κ2) is 35.5. The summed E-state index contributed by atoms with van der Waals surface area (Å²) in [5.41, 5.74) is 0. The highest BCUT2D eigenvalue weighted by atomic mass is 35.5. The van der Waals surface area contributed by atoms with Gasteiger partial charge in [-0.1, -0.05) is 53.4 Å². The SMILES string of the molecule is CCCCP(CCCC)CCOCCOCCP(CCCC)CCCC.Cl.Cl.Cl.Cl. The smallest absolute Gasteiger partial charge is 0.0700 e. The van der Waals surface area contributed by atoms with Gasteiger partial charge in [-0.05, 0) is 62.7 Å². The van der Waals surface area contributed by atoms with Crippen LogP contribution in [0.2, 0.25) is 0 Å². The Morgan fingerprint density at radius 3 is 0.900 bits per heavy atom. The van der Waals surface area contributed by atoms with E-state index in [1.54, 1.807) is 0 Å². The molecule has 0 bridgehead atoms. The molecular formula is C22H52Cl4O2P2. The highest BCUT2D eigenvalue weighted by Crippen LogP contribution is 2.38. The van der Waals surface area contributed by atoms with Gasteiger partial charge in [0.1, 0.15) is 0 Å². The molecule has 0 atom stereocenters. The fraction of sp³-hybridized carbons (Fsp3) is 1.00. The summed E-state index contributed by atoms with van der Waals surface area (Å²) in [4.78, 5) is 0. The quantitative estimate of drug-likeness (QED) is 0.105. The molecular weight excluding hydrogens is 500 g/mol. The lowest BCUT2D eigenvalue weighted by Gasteiger charge is -2.18. The van der Waals surface area contributed by atoms with Crippen molar-refractivity contribution in [3.8, 4) is 0 Å². The third-order valence-electron chi connectivity index (χ3n) is 4.79. The summed E-state index contributed by atoms with van der Waals surface area (Å²) in [6.45, 7) is 12.7. The molecule has 0 aliphatic heterocycles. The highest BCUT2D eigenvalue weighted by Gasteiger charge is 2.08. The van der Waals surface area contributed by atoms with Crippen LogP contribution in [0.5, 0.6) is 0 Å². The number of ether oxygens (including phenoxy) is 2. The first-order valence-electron chi connectivity index (χ1n) is 11.4. The lowest BCUT2D eigenvalue weighted by molar-refractivity contribution is 0.0600. The van der Waals surface area contributed by atoms with Crippen LogP contribution in [0, 0.1) is 0 Å². The van der Waals surface area contributed by atoms with Crippen LogP contribution in [-0.4, -0.2) is 63.4 Å². The Bertz CT molecular complexity index is 240. The summed E-state index contributed by atoms with van der Waals surface area (Å²) in [6.07, 6.45) is 19.3. The van der Waals surface area contributed by atoms with Crippen LogP contribution in [0.25, 0.3) is 0 Å². The van der Waals surface area contributed by atoms with Gasteiger partial charge in [-0.2, -0.15) is 0 Å². The van der Waals surface area contributed by atoms with E-state index < -0.39 is 0 Å². The van der Waals surface area contributed by atoms with Crippen LogP contribution in [0.3, 0.4) is 0 Å². The zero-order valence-corrected chi connectivity index (χ0v) is 25.1. The highest BCUT2D eigenvalue weighted by molar-refractivity contribution is 7.57. The summed E-state index contributed by atoms with van der Waals surface area (Å²) >= 11 is 0. The third-order valence-corrected chi connectivity index (χ3v) is 10.2. The van der Waals surface area contributed by atoms with Crippen LogP contribution in [-0.2, 0) is 9.47 Å². The largest absolute Gasteiger partial charge is 0.379 e. The van der Waals surface area contributed by atoms with Crippen LogP contribution in [0.4, 0.5) is 0 Å². The molecule has 30 heavy (non-hydrogen) atoms. The Morgan fingerprint density at radius 2 is 0.667 bits per heavy atom. The topological polar surface area (TPSA) is 18.5 Å². The van der Waals surface area contributed by atoms with Gasteiger partial charge in [-0.25, -0.2) is 0 Å². The molecule has 0 aromatic heterocycles. The van der Waals surface area contributed by atoms with Gasteiger partial charge in [0.25, 0.3) is 0 Å². The van der Waals surface area contributed by atoms with Crippen LogP contribution >= 0.6 is 65.5 Å². The maximum absolute atomic E-state index is 5.86. The molecule has 0 heterocycles. The monoisotopic (exact) mass is 550 g/mol. The second-order valence-corrected chi connectivity index (χ2v) is 12.7. The zero-order valence-electron chi connectivity index (χ0n) is 20.1. The number of hydrogen-bond acceptors (Lipinski definition) is 2. The standard InChI is InChI=1S/C22H48O2P2.4ClH/c1-5-9-17-25(18-10-6-2)21-15-23-13-14-24-16-22-26(19-11-7-3)20-12-8-4;;;;/h5-22H2,1-4H3;4*1H. The molecule has 0 rings (SSSR count). The molecule has 0 aromatic rings. The second-order valence-electron chi connectivity index (χ2n) is 7.32. The first kappa shape index (κ1) is 42.1. The average Bonchev–Trinajstić information content (AvgIpc) is 2.66. The molecule has 0 N–H and O–H groups in total. The van der Waals surface area contributed by atoms with E-state index in [0.717, 1.165) is 26.4 Å². The molecule has 0 radical (unpaired) electrons. The van der Waals surface area contributed by atoms with E-state index in [2.05, 4.69) is 27.7 Å². The Hall–Kier alpha value is 1.94. The van der Waals surface area contributed by atoms with Crippen molar-refractivity contribution in [2.75, 3.05) is 63.4 Å². The lowest BCUT2D eigenvalue weighted by atomic mass is 10.4. The van der Waals surface area contributed by atoms with Crippen molar-refractivity contribution in [3.63, 3.8) is 0 Å². The van der Waals surface area contributed by atoms with E-state index in [1.807, 2.05) is 0 Å². The van der Waals surface area contributed by atoms with Crippen LogP contribution in [0.1, 0.15) is 79.1 Å². The van der Waals surface area contributed by atoms with Gasteiger partial charge in [-0.3, -0.25) is 0 Å². The summed E-state index contributed by atoms with van der Waals surface area (Å²) in [5, 5.41) is 0. The Kier molecular flexibility index (Phi) is 49.9. The molecule has 0 unspecified atom stereocenters. The summed E-state index contributed by atoms with van der Waals surface area (Å²) in [5.74, 6) is 0. The lowest BCUT2D eigenvalue weighted by Crippen LogP contribution is -2.10. The number of halogens is 4. The summed E-state index contributed by atoms with van der Waals surface area (Å²) in [6, 6.07) is 0. The third kappa shape index (κ3) is 29.9. The normalized spacial score (nSPS) is 10.2. The van der Waals surface area contributed by atoms with E-state index in [0.29, 0.717) is 0 Å². The van der Waals surface area contributed by atoms with E-state index in [-0.39, 0.29) is 65.5 Å². The van der Waals surface area contributed by atoms with Crippen molar-refractivity contribution >= 4 is 65.5 Å². The fourth-order valence-electron chi connectivity index (χ4n) is 2.91. The number of unbranched alkanes of at least 4 members (excludes halogenated alkanes) is 4. The van der Waals surface area contributed by atoms with Crippen LogP contribution < -0.4 is 0 Å². The maximum atomic E-state index is 5.86. The van der Waals surface area contributed by atoms with E-state index in [4.69, 9.17) is 9.47 Å². The molecule has 0 aliphatic rings. The molecule has 0 aliphatic carbocycles. The van der Waals surface area contributed by atoms with Gasteiger partial charge in [-0.15, -0.1) is 65.5 Å². The van der Waals surface area contributed by atoms with Crippen LogP contribution in [0.15, 0.2) is 0 Å². The predicted molar refractivity (Wildman–Crippen MR) is 153 cm³/mol. The zero-order chi connectivity index (χ0) is 19.3. The molecule has 0 spiro atoms. The summed E-state index contributed by atoms with van der Waals surface area (Å²) in [7, 11) is 0.432. The van der Waals surface area contributed by atoms with Crippen molar-refractivity contribution in [2.45, 2.75) is 79.1 Å². The minimum Gasteiger partial charge on any atom is -0.379 e. The minimum atomic E-state index is 0. The fourth-order valence-corrected chi connectivity index (χ4v) is 8.08. The van der Waals surface area contributed by atoms with Gasteiger partial charge in [0.05, 0.1) is 26.4 Å². The van der Waals surface area contributed by atoms with Gasteiger partial charge >= 0.3 is 0 Å². The average molecular weight is 552 g/mol. The van der Waals surface area contributed by atoms with E-state index in [1.165, 1.54) is 88.3 Å². The molecule has 190 valence electrons. The molecule has 0 fully saturated rings.